The van der Waals surface area contributed by atoms with E-state index in [0.717, 1.165) is 6.07 Å². The minimum atomic E-state index is -0.730. The second-order valence-corrected chi connectivity index (χ2v) is 5.53. The Labute approximate surface area is 137 Å². The van der Waals surface area contributed by atoms with Crippen molar-refractivity contribution in [2.45, 2.75) is 0 Å². The summed E-state index contributed by atoms with van der Waals surface area (Å²) in [4.78, 5) is 38.5. The van der Waals surface area contributed by atoms with E-state index in [1.807, 2.05) is 0 Å². The summed E-state index contributed by atoms with van der Waals surface area (Å²) in [6, 6.07) is 9.22. The van der Waals surface area contributed by atoms with Crippen LogP contribution < -0.4 is 16.3 Å². The third kappa shape index (κ3) is 3.16. The maximum atomic E-state index is 12.0. The van der Waals surface area contributed by atoms with Gasteiger partial charge in [0.1, 0.15) is 11.3 Å². The van der Waals surface area contributed by atoms with Crippen LogP contribution in [0, 0.1) is 0 Å². The number of carbonyl (C=O) groups excluding carboxylic acids is 2. The molecule has 7 nitrogen and oxygen atoms in total. The molecule has 3 aromatic rings. The van der Waals surface area contributed by atoms with Gasteiger partial charge in [-0.15, -0.1) is 0 Å². The molecule has 0 unspecified atom stereocenters. The first kappa shape index (κ1) is 15.0. The summed E-state index contributed by atoms with van der Waals surface area (Å²) in [5.74, 6) is -1.46. The number of aromatic nitrogens is 1. The van der Waals surface area contributed by atoms with Gasteiger partial charge in [0, 0.05) is 16.7 Å². The van der Waals surface area contributed by atoms with Crippen molar-refractivity contribution in [1.82, 2.24) is 15.8 Å². The van der Waals surface area contributed by atoms with E-state index in [1.54, 1.807) is 36.5 Å². The van der Waals surface area contributed by atoms with Gasteiger partial charge in [-0.25, -0.2) is 0 Å². The molecule has 0 radical (unpaired) electrons. The number of hydrogen-bond donors (Lipinski definition) is 3. The molecule has 0 aliphatic carbocycles. The molecular formula is C15H10BrN3O4. The summed E-state index contributed by atoms with van der Waals surface area (Å²) in [6.07, 6.45) is 1.58. The van der Waals surface area contributed by atoms with Crippen LogP contribution in [0.15, 0.2) is 56.3 Å². The Balaban J connectivity index is 1.76. The number of H-pyrrole nitrogens is 1. The predicted molar refractivity (Wildman–Crippen MR) is 85.9 cm³/mol. The molecule has 0 saturated carbocycles. The number of fused-ring (bicyclic) bond motifs is 1. The maximum Gasteiger partial charge on any atom is 0.305 e. The lowest BCUT2D eigenvalue weighted by Gasteiger charge is -2.06. The van der Waals surface area contributed by atoms with Crippen LogP contribution in [0.5, 0.6) is 0 Å². The van der Waals surface area contributed by atoms with E-state index in [1.165, 1.54) is 0 Å². The number of carbonyl (C=O) groups is 2. The Kier molecular flexibility index (Phi) is 3.98. The zero-order valence-electron chi connectivity index (χ0n) is 11.6. The number of halogens is 1. The second kappa shape index (κ2) is 6.09. The van der Waals surface area contributed by atoms with E-state index in [4.69, 9.17) is 4.42 Å². The van der Waals surface area contributed by atoms with Gasteiger partial charge in [-0.2, -0.15) is 0 Å². The van der Waals surface area contributed by atoms with Crippen molar-refractivity contribution in [3.8, 4) is 0 Å². The fraction of sp³-hybridized carbons (Fsp3) is 0. The summed E-state index contributed by atoms with van der Waals surface area (Å²) < 4.78 is 6.07. The molecule has 0 spiro atoms. The summed E-state index contributed by atoms with van der Waals surface area (Å²) in [5, 5.41) is 0.379. The number of hydrazine groups is 1. The lowest BCUT2D eigenvalue weighted by Crippen LogP contribution is -2.42. The van der Waals surface area contributed by atoms with Crippen molar-refractivity contribution in [3.63, 3.8) is 0 Å². The molecule has 0 atom stereocenters. The SMILES string of the molecule is O=C(NNC(=O)c1cc(=O)c2ccccc2o1)c1cc(Br)c[nH]1. The zero-order chi connectivity index (χ0) is 16.4. The van der Waals surface area contributed by atoms with Crippen LogP contribution in [0.25, 0.3) is 11.0 Å². The van der Waals surface area contributed by atoms with Crippen LogP contribution in [0.2, 0.25) is 0 Å². The standard InChI is InChI=1S/C15H10BrN3O4/c16-8-5-10(17-7-8)14(21)18-19-15(22)13-6-11(20)9-3-1-2-4-12(9)23-13/h1-7,17H,(H,18,21)(H,19,22). The average molecular weight is 376 g/mol. The number of amides is 2. The third-order valence-electron chi connectivity index (χ3n) is 3.04. The van der Waals surface area contributed by atoms with Crippen molar-refractivity contribution in [2.75, 3.05) is 0 Å². The first-order valence-electron chi connectivity index (χ1n) is 6.52. The van der Waals surface area contributed by atoms with Crippen LogP contribution >= 0.6 is 15.9 Å². The van der Waals surface area contributed by atoms with Gasteiger partial charge in [-0.05, 0) is 34.1 Å². The average Bonchev–Trinajstić information content (AvgIpc) is 2.99. The van der Waals surface area contributed by atoms with E-state index < -0.39 is 11.8 Å². The Morgan fingerprint density at radius 2 is 1.83 bits per heavy atom. The van der Waals surface area contributed by atoms with Gasteiger partial charge >= 0.3 is 5.91 Å². The van der Waals surface area contributed by atoms with Gasteiger partial charge in [0.2, 0.25) is 0 Å². The van der Waals surface area contributed by atoms with Crippen LogP contribution in [0.4, 0.5) is 0 Å². The van der Waals surface area contributed by atoms with Gasteiger partial charge in [0.15, 0.2) is 11.2 Å². The monoisotopic (exact) mass is 375 g/mol. The number of para-hydroxylation sites is 1. The molecule has 0 aliphatic rings. The molecule has 2 amide bonds. The van der Waals surface area contributed by atoms with Crippen LogP contribution in [-0.4, -0.2) is 16.8 Å². The highest BCUT2D eigenvalue weighted by Crippen LogP contribution is 2.12. The molecule has 0 aliphatic heterocycles. The van der Waals surface area contributed by atoms with Crippen molar-refractivity contribution >= 4 is 38.7 Å². The molecule has 1 aromatic carbocycles. The van der Waals surface area contributed by atoms with Crippen molar-refractivity contribution in [2.24, 2.45) is 0 Å². The van der Waals surface area contributed by atoms with E-state index in [0.29, 0.717) is 15.4 Å². The van der Waals surface area contributed by atoms with Gasteiger partial charge in [0.05, 0.1) is 5.39 Å². The number of hydrogen-bond acceptors (Lipinski definition) is 4. The first-order valence-corrected chi connectivity index (χ1v) is 7.31. The molecule has 2 heterocycles. The molecule has 0 saturated heterocycles. The number of rotatable bonds is 2. The lowest BCUT2D eigenvalue weighted by atomic mass is 10.2. The van der Waals surface area contributed by atoms with Crippen LogP contribution in [0.1, 0.15) is 21.0 Å². The summed E-state index contributed by atoms with van der Waals surface area (Å²) in [6.45, 7) is 0. The summed E-state index contributed by atoms with van der Waals surface area (Å²) >= 11 is 3.20. The quantitative estimate of drug-likeness (QED) is 0.595. The largest absolute Gasteiger partial charge is 0.451 e. The fourth-order valence-corrected chi connectivity index (χ4v) is 2.30. The molecule has 23 heavy (non-hydrogen) atoms. The zero-order valence-corrected chi connectivity index (χ0v) is 13.1. The smallest absolute Gasteiger partial charge is 0.305 e. The highest BCUT2D eigenvalue weighted by molar-refractivity contribution is 9.10. The lowest BCUT2D eigenvalue weighted by molar-refractivity contribution is 0.0829. The number of benzene rings is 1. The molecule has 2 aromatic heterocycles. The van der Waals surface area contributed by atoms with E-state index in [9.17, 15) is 14.4 Å². The van der Waals surface area contributed by atoms with Crippen molar-refractivity contribution in [1.29, 1.82) is 0 Å². The Bertz CT molecular complexity index is 961. The van der Waals surface area contributed by atoms with Gasteiger partial charge in [-0.3, -0.25) is 25.2 Å². The summed E-state index contributed by atoms with van der Waals surface area (Å²) in [5.41, 5.74) is 4.64. The molecule has 0 bridgehead atoms. The Morgan fingerprint density at radius 3 is 2.57 bits per heavy atom. The van der Waals surface area contributed by atoms with Crippen molar-refractivity contribution in [3.05, 3.63) is 68.7 Å². The minimum absolute atomic E-state index is 0.193. The molecule has 0 fully saturated rings. The van der Waals surface area contributed by atoms with E-state index >= 15 is 0 Å². The molecule has 116 valence electrons. The van der Waals surface area contributed by atoms with E-state index in [2.05, 4.69) is 31.8 Å². The highest BCUT2D eigenvalue weighted by Gasteiger charge is 2.14. The maximum absolute atomic E-state index is 12.0. The molecular weight excluding hydrogens is 366 g/mol. The van der Waals surface area contributed by atoms with Crippen molar-refractivity contribution < 1.29 is 14.0 Å². The normalized spacial score (nSPS) is 10.5. The third-order valence-corrected chi connectivity index (χ3v) is 3.50. The Morgan fingerprint density at radius 1 is 1.09 bits per heavy atom. The fourth-order valence-electron chi connectivity index (χ4n) is 1.96. The van der Waals surface area contributed by atoms with Crippen LogP contribution in [0.3, 0.4) is 0 Å². The van der Waals surface area contributed by atoms with Gasteiger partial charge in [-0.1, -0.05) is 12.1 Å². The topological polar surface area (TPSA) is 104 Å². The first-order chi connectivity index (χ1) is 11.0. The summed E-state index contributed by atoms with van der Waals surface area (Å²) in [7, 11) is 0. The Hall–Kier alpha value is -2.87. The number of aromatic amines is 1. The van der Waals surface area contributed by atoms with Gasteiger partial charge < -0.3 is 9.40 Å². The molecule has 3 rings (SSSR count). The van der Waals surface area contributed by atoms with E-state index in [-0.39, 0.29) is 16.9 Å². The number of nitrogens with one attached hydrogen (secondary N) is 3. The van der Waals surface area contributed by atoms with Crippen LogP contribution in [-0.2, 0) is 0 Å². The predicted octanol–water partition coefficient (Wildman–Crippen LogP) is 1.96. The highest BCUT2D eigenvalue weighted by atomic mass is 79.9. The molecule has 3 N–H and O–H groups in total. The van der Waals surface area contributed by atoms with Gasteiger partial charge in [0.25, 0.3) is 5.91 Å². The minimum Gasteiger partial charge on any atom is -0.451 e. The second-order valence-electron chi connectivity index (χ2n) is 4.61. The molecule has 8 heteroatoms.